The summed E-state index contributed by atoms with van der Waals surface area (Å²) in [5.74, 6) is -1.18. The molecule has 1 atom stereocenters. The van der Waals surface area contributed by atoms with Crippen LogP contribution in [0.1, 0.15) is 17.2 Å². The summed E-state index contributed by atoms with van der Waals surface area (Å²) >= 11 is 0. The maximum absolute atomic E-state index is 10.5. The summed E-state index contributed by atoms with van der Waals surface area (Å²) in [4.78, 5) is 10.5. The number of benzene rings is 1. The Morgan fingerprint density at radius 2 is 1.86 bits per heavy atom. The van der Waals surface area contributed by atoms with Crippen LogP contribution in [0.3, 0.4) is 0 Å². The van der Waals surface area contributed by atoms with E-state index >= 15 is 0 Å². The summed E-state index contributed by atoms with van der Waals surface area (Å²) in [5, 5.41) is 18.2. The summed E-state index contributed by atoms with van der Waals surface area (Å²) in [5.41, 5.74) is 1.39. The van der Waals surface area contributed by atoms with Gasteiger partial charge in [0.25, 0.3) is 0 Å². The van der Waals surface area contributed by atoms with Crippen LogP contribution in [-0.2, 0) is 4.79 Å². The number of carboxylic acid groups (broad SMARTS) is 1. The maximum atomic E-state index is 10.5. The number of hydrogen-bond donors (Lipinski definition) is 2. The highest BCUT2D eigenvalue weighted by molar-refractivity contribution is 5.87. The Morgan fingerprint density at radius 3 is 2.29 bits per heavy atom. The number of rotatable bonds is 3. The molecule has 0 fully saturated rings. The second-order valence-corrected chi connectivity index (χ2v) is 3.14. The Labute approximate surface area is 82.3 Å². The predicted octanol–water partition coefficient (Wildman–Crippen LogP) is 1.67. The molecule has 74 valence electrons. The molecule has 0 unspecified atom stereocenters. The van der Waals surface area contributed by atoms with Crippen LogP contribution in [0.15, 0.2) is 36.4 Å². The second-order valence-electron chi connectivity index (χ2n) is 3.14. The fraction of sp³-hybridized carbons (Fsp3) is 0.182. The fourth-order valence-electron chi connectivity index (χ4n) is 1.07. The van der Waals surface area contributed by atoms with E-state index in [1.54, 1.807) is 12.1 Å². The summed E-state index contributed by atoms with van der Waals surface area (Å²) in [6.45, 7) is 5.22. The highest BCUT2D eigenvalue weighted by atomic mass is 16.4. The summed E-state index contributed by atoms with van der Waals surface area (Å²) in [6.07, 6.45) is -1.13. The second kappa shape index (κ2) is 4.07. The molecular formula is C11H12O3. The molecule has 1 aromatic carbocycles. The van der Waals surface area contributed by atoms with Crippen LogP contribution in [0.5, 0.6) is 0 Å². The Kier molecular flexibility index (Phi) is 3.04. The molecule has 0 saturated carbocycles. The Hall–Kier alpha value is -1.61. The van der Waals surface area contributed by atoms with Crippen LogP contribution in [-0.4, -0.2) is 16.2 Å². The van der Waals surface area contributed by atoms with Gasteiger partial charge in [-0.2, -0.15) is 0 Å². The Bertz CT molecular complexity index is 351. The topological polar surface area (TPSA) is 57.5 Å². The molecule has 1 rings (SSSR count). The van der Waals surface area contributed by atoms with Crippen molar-refractivity contribution < 1.29 is 15.0 Å². The van der Waals surface area contributed by atoms with Crippen molar-refractivity contribution in [2.75, 3.05) is 0 Å². The standard InChI is InChI=1S/C11H12O3/c1-7-3-5-9(6-4-7)10(12)8(2)11(13)14/h3-6,10,12H,2H2,1H3,(H,13,14)/t10-/m0/s1. The van der Waals surface area contributed by atoms with Gasteiger partial charge in [-0.25, -0.2) is 4.79 Å². The van der Waals surface area contributed by atoms with Crippen LogP contribution in [0, 0.1) is 6.92 Å². The smallest absolute Gasteiger partial charge is 0.333 e. The summed E-state index contributed by atoms with van der Waals surface area (Å²) < 4.78 is 0. The average Bonchev–Trinajstić information content (AvgIpc) is 2.16. The Balaban J connectivity index is 2.89. The van der Waals surface area contributed by atoms with Gasteiger partial charge in [0.1, 0.15) is 6.10 Å². The van der Waals surface area contributed by atoms with E-state index in [1.165, 1.54) is 0 Å². The van der Waals surface area contributed by atoms with Gasteiger partial charge in [0.05, 0.1) is 5.57 Å². The van der Waals surface area contributed by atoms with Gasteiger partial charge in [0, 0.05) is 0 Å². The molecule has 3 heteroatoms. The molecular weight excluding hydrogens is 180 g/mol. The first-order valence-corrected chi connectivity index (χ1v) is 4.19. The molecule has 0 saturated heterocycles. The van der Waals surface area contributed by atoms with E-state index in [2.05, 4.69) is 6.58 Å². The molecule has 3 nitrogen and oxygen atoms in total. The van der Waals surface area contributed by atoms with Crippen molar-refractivity contribution in [3.8, 4) is 0 Å². The molecule has 0 heterocycles. The van der Waals surface area contributed by atoms with Crippen molar-refractivity contribution in [2.24, 2.45) is 0 Å². The number of aliphatic hydroxyl groups is 1. The van der Waals surface area contributed by atoms with Crippen LogP contribution < -0.4 is 0 Å². The van der Waals surface area contributed by atoms with Gasteiger partial charge in [-0.05, 0) is 12.5 Å². The minimum Gasteiger partial charge on any atom is -0.478 e. The van der Waals surface area contributed by atoms with E-state index in [4.69, 9.17) is 5.11 Å². The van der Waals surface area contributed by atoms with Gasteiger partial charge in [-0.3, -0.25) is 0 Å². The van der Waals surface area contributed by atoms with Crippen LogP contribution in [0.2, 0.25) is 0 Å². The maximum Gasteiger partial charge on any atom is 0.333 e. The zero-order valence-electron chi connectivity index (χ0n) is 7.90. The zero-order chi connectivity index (χ0) is 10.7. The molecule has 0 spiro atoms. The summed E-state index contributed by atoms with van der Waals surface area (Å²) in [7, 11) is 0. The zero-order valence-corrected chi connectivity index (χ0v) is 7.90. The third kappa shape index (κ3) is 2.20. The molecule has 0 aromatic heterocycles. The van der Waals surface area contributed by atoms with Crippen molar-refractivity contribution in [2.45, 2.75) is 13.0 Å². The normalized spacial score (nSPS) is 12.1. The molecule has 0 bridgehead atoms. The fourth-order valence-corrected chi connectivity index (χ4v) is 1.07. The molecule has 0 radical (unpaired) electrons. The van der Waals surface area contributed by atoms with Gasteiger partial charge in [0.15, 0.2) is 0 Å². The molecule has 14 heavy (non-hydrogen) atoms. The summed E-state index contributed by atoms with van der Waals surface area (Å²) in [6, 6.07) is 7.00. The first kappa shape index (κ1) is 10.5. The number of aryl methyl sites for hydroxylation is 1. The van der Waals surface area contributed by atoms with Crippen LogP contribution in [0.4, 0.5) is 0 Å². The van der Waals surface area contributed by atoms with E-state index in [9.17, 15) is 9.90 Å². The van der Waals surface area contributed by atoms with E-state index in [0.29, 0.717) is 5.56 Å². The van der Waals surface area contributed by atoms with Crippen LogP contribution >= 0.6 is 0 Å². The number of carbonyl (C=O) groups is 1. The van der Waals surface area contributed by atoms with Gasteiger partial charge < -0.3 is 10.2 Å². The first-order valence-electron chi connectivity index (χ1n) is 4.19. The lowest BCUT2D eigenvalue weighted by Gasteiger charge is -2.10. The largest absolute Gasteiger partial charge is 0.478 e. The minimum absolute atomic E-state index is 0.214. The van der Waals surface area contributed by atoms with Crippen molar-refractivity contribution in [3.05, 3.63) is 47.5 Å². The molecule has 1 aromatic rings. The van der Waals surface area contributed by atoms with E-state index in [1.807, 2.05) is 19.1 Å². The highest BCUT2D eigenvalue weighted by Crippen LogP contribution is 2.20. The third-order valence-corrected chi connectivity index (χ3v) is 2.00. The average molecular weight is 192 g/mol. The van der Waals surface area contributed by atoms with Crippen molar-refractivity contribution >= 4 is 5.97 Å². The molecule has 2 N–H and O–H groups in total. The quantitative estimate of drug-likeness (QED) is 0.716. The van der Waals surface area contributed by atoms with E-state index < -0.39 is 12.1 Å². The molecule has 0 aliphatic heterocycles. The minimum atomic E-state index is -1.18. The van der Waals surface area contributed by atoms with E-state index in [-0.39, 0.29) is 5.57 Å². The Morgan fingerprint density at radius 1 is 1.36 bits per heavy atom. The van der Waals surface area contributed by atoms with E-state index in [0.717, 1.165) is 5.56 Å². The lowest BCUT2D eigenvalue weighted by molar-refractivity contribution is -0.133. The first-order chi connectivity index (χ1) is 6.52. The highest BCUT2D eigenvalue weighted by Gasteiger charge is 2.16. The van der Waals surface area contributed by atoms with Gasteiger partial charge in [-0.15, -0.1) is 0 Å². The lowest BCUT2D eigenvalue weighted by Crippen LogP contribution is -2.09. The van der Waals surface area contributed by atoms with Crippen molar-refractivity contribution in [3.63, 3.8) is 0 Å². The van der Waals surface area contributed by atoms with Gasteiger partial charge in [-0.1, -0.05) is 36.4 Å². The lowest BCUT2D eigenvalue weighted by atomic mass is 10.0. The monoisotopic (exact) mass is 192 g/mol. The number of carboxylic acids is 1. The van der Waals surface area contributed by atoms with Crippen LogP contribution in [0.25, 0.3) is 0 Å². The van der Waals surface area contributed by atoms with Gasteiger partial charge >= 0.3 is 5.97 Å². The third-order valence-electron chi connectivity index (χ3n) is 2.00. The van der Waals surface area contributed by atoms with Crippen molar-refractivity contribution in [1.82, 2.24) is 0 Å². The SMILES string of the molecule is C=C(C(=O)O)[C@H](O)c1ccc(C)cc1. The predicted molar refractivity (Wildman–Crippen MR) is 52.9 cm³/mol. The number of hydrogen-bond acceptors (Lipinski definition) is 2. The molecule has 0 aliphatic rings. The number of aliphatic carboxylic acids is 1. The van der Waals surface area contributed by atoms with Crippen molar-refractivity contribution in [1.29, 1.82) is 0 Å². The molecule has 0 amide bonds. The number of aliphatic hydroxyl groups excluding tert-OH is 1. The van der Waals surface area contributed by atoms with Gasteiger partial charge in [0.2, 0.25) is 0 Å². The molecule has 0 aliphatic carbocycles.